The van der Waals surface area contributed by atoms with Gasteiger partial charge in [0.2, 0.25) is 0 Å². The molecular formula is C10H8BrF5O. The number of hydrogen-bond acceptors (Lipinski definition) is 1. The second-order valence-electron chi connectivity index (χ2n) is 3.43. The van der Waals surface area contributed by atoms with Crippen LogP contribution < -0.4 is 0 Å². The fraction of sp³-hybridized carbons (Fsp3) is 0.400. The van der Waals surface area contributed by atoms with E-state index >= 15 is 0 Å². The smallest absolute Gasteiger partial charge is 0.378 e. The molecule has 0 radical (unpaired) electrons. The molecule has 1 unspecified atom stereocenters. The Labute approximate surface area is 102 Å². The van der Waals surface area contributed by atoms with Gasteiger partial charge in [0.25, 0.3) is 0 Å². The second kappa shape index (κ2) is 4.53. The third-order valence-corrected chi connectivity index (χ3v) is 3.13. The molecule has 1 aromatic carbocycles. The molecule has 17 heavy (non-hydrogen) atoms. The lowest BCUT2D eigenvalue weighted by atomic mass is 9.89. The molecule has 0 bridgehead atoms. The van der Waals surface area contributed by atoms with Crippen molar-refractivity contribution in [2.45, 2.75) is 17.7 Å². The molecule has 1 aromatic rings. The van der Waals surface area contributed by atoms with Crippen molar-refractivity contribution in [3.8, 4) is 0 Å². The monoisotopic (exact) mass is 318 g/mol. The molecule has 0 aliphatic rings. The van der Waals surface area contributed by atoms with Gasteiger partial charge < -0.3 is 5.11 Å². The van der Waals surface area contributed by atoms with Crippen molar-refractivity contribution >= 4 is 15.9 Å². The Hall–Kier alpha value is -0.690. The molecule has 0 aliphatic heterocycles. The molecule has 1 N–H and O–H groups in total. The quantitative estimate of drug-likeness (QED) is 0.668. The summed E-state index contributed by atoms with van der Waals surface area (Å²) in [5, 5.41) is 8.70. The molecule has 1 nitrogen and oxygen atoms in total. The van der Waals surface area contributed by atoms with Crippen LogP contribution >= 0.6 is 15.9 Å². The van der Waals surface area contributed by atoms with Gasteiger partial charge in [0.05, 0.1) is 0 Å². The van der Waals surface area contributed by atoms with Gasteiger partial charge in [-0.3, -0.25) is 0 Å². The largest absolute Gasteiger partial charge is 0.456 e. The lowest BCUT2D eigenvalue weighted by molar-refractivity contribution is -0.340. The highest BCUT2D eigenvalue weighted by molar-refractivity contribution is 9.09. The zero-order valence-corrected chi connectivity index (χ0v) is 9.89. The first kappa shape index (κ1) is 14.4. The Kier molecular flexibility index (Phi) is 3.83. The number of rotatable bonds is 3. The van der Waals surface area contributed by atoms with Gasteiger partial charge in [0.1, 0.15) is 0 Å². The van der Waals surface area contributed by atoms with Crippen LogP contribution in [0.1, 0.15) is 5.56 Å². The summed E-state index contributed by atoms with van der Waals surface area (Å²) in [5.74, 6) is -5.25. The van der Waals surface area contributed by atoms with Crippen LogP contribution in [0.3, 0.4) is 0 Å². The molecule has 1 atom stereocenters. The third-order valence-electron chi connectivity index (χ3n) is 2.32. The maximum absolute atomic E-state index is 13.3. The van der Waals surface area contributed by atoms with Crippen LogP contribution in [0.5, 0.6) is 0 Å². The first-order valence-electron chi connectivity index (χ1n) is 4.45. The Morgan fingerprint density at radius 3 is 1.82 bits per heavy atom. The highest BCUT2D eigenvalue weighted by Crippen LogP contribution is 2.49. The van der Waals surface area contributed by atoms with Crippen LogP contribution in [0.2, 0.25) is 0 Å². The van der Waals surface area contributed by atoms with Crippen molar-refractivity contribution in [1.82, 2.24) is 0 Å². The summed E-state index contributed by atoms with van der Waals surface area (Å²) >= 11 is 2.51. The van der Waals surface area contributed by atoms with E-state index in [9.17, 15) is 27.1 Å². The van der Waals surface area contributed by atoms with E-state index in [1.54, 1.807) is 0 Å². The number of hydrogen-bond donors (Lipinski definition) is 1. The van der Waals surface area contributed by atoms with E-state index in [0.29, 0.717) is 0 Å². The van der Waals surface area contributed by atoms with Crippen molar-refractivity contribution in [3.63, 3.8) is 0 Å². The fourth-order valence-electron chi connectivity index (χ4n) is 1.29. The normalized spacial score (nSPS) is 16.6. The van der Waals surface area contributed by atoms with Crippen molar-refractivity contribution in [2.75, 3.05) is 5.33 Å². The topological polar surface area (TPSA) is 20.2 Å². The molecule has 96 valence electrons. The third kappa shape index (κ3) is 2.30. The van der Waals surface area contributed by atoms with Crippen LogP contribution in [0.25, 0.3) is 0 Å². The summed E-state index contributed by atoms with van der Waals surface area (Å²) in [7, 11) is 0. The summed E-state index contributed by atoms with van der Waals surface area (Å²) in [6.07, 6.45) is -5.83. The van der Waals surface area contributed by atoms with Crippen molar-refractivity contribution in [3.05, 3.63) is 35.9 Å². The van der Waals surface area contributed by atoms with E-state index in [1.807, 2.05) is 0 Å². The highest BCUT2D eigenvalue weighted by atomic mass is 79.9. The average molecular weight is 319 g/mol. The van der Waals surface area contributed by atoms with E-state index in [1.165, 1.54) is 18.2 Å². The fourth-order valence-corrected chi connectivity index (χ4v) is 1.97. The minimum absolute atomic E-state index is 0.501. The van der Waals surface area contributed by atoms with Crippen LogP contribution in [0, 0.1) is 0 Å². The zero-order valence-electron chi connectivity index (χ0n) is 8.31. The van der Waals surface area contributed by atoms with Crippen LogP contribution in [-0.4, -0.2) is 22.5 Å². The maximum atomic E-state index is 13.3. The summed E-state index contributed by atoms with van der Waals surface area (Å²) in [6, 6.07) is 6.02. The summed E-state index contributed by atoms with van der Waals surface area (Å²) in [6.45, 7) is 0. The van der Waals surface area contributed by atoms with E-state index in [0.717, 1.165) is 12.1 Å². The number of aliphatic hydroxyl groups is 1. The lowest BCUT2D eigenvalue weighted by Gasteiger charge is -2.35. The summed E-state index contributed by atoms with van der Waals surface area (Å²) in [5.41, 5.74) is -3.83. The standard InChI is InChI=1S/C10H8BrF5O/c11-6-8(17,7-4-2-1-3-5-7)9(12,13)10(14,15)16/h1-5,17H,6H2. The van der Waals surface area contributed by atoms with E-state index in [4.69, 9.17) is 0 Å². The highest BCUT2D eigenvalue weighted by Gasteiger charge is 2.70. The van der Waals surface area contributed by atoms with Gasteiger partial charge >= 0.3 is 12.1 Å². The Balaban J connectivity index is 3.31. The Morgan fingerprint density at radius 2 is 1.47 bits per heavy atom. The summed E-state index contributed by atoms with van der Waals surface area (Å²) < 4.78 is 63.3. The van der Waals surface area contributed by atoms with Gasteiger partial charge in [-0.2, -0.15) is 22.0 Å². The molecular weight excluding hydrogens is 311 g/mol. The Bertz CT molecular complexity index is 378. The van der Waals surface area contributed by atoms with Crippen LogP contribution in [0.15, 0.2) is 30.3 Å². The molecule has 0 saturated carbocycles. The van der Waals surface area contributed by atoms with E-state index in [-0.39, 0.29) is 0 Å². The minimum atomic E-state index is -5.83. The zero-order chi connectivity index (χ0) is 13.3. The van der Waals surface area contributed by atoms with Gasteiger partial charge in [0, 0.05) is 5.33 Å². The molecule has 0 spiro atoms. The molecule has 0 fully saturated rings. The predicted octanol–water partition coefficient (Wildman–Crippen LogP) is 3.47. The van der Waals surface area contributed by atoms with Crippen LogP contribution in [0.4, 0.5) is 22.0 Å². The van der Waals surface area contributed by atoms with Gasteiger partial charge in [-0.25, -0.2) is 0 Å². The second-order valence-corrected chi connectivity index (χ2v) is 3.99. The number of alkyl halides is 6. The van der Waals surface area contributed by atoms with Gasteiger partial charge in [0.15, 0.2) is 5.60 Å². The lowest BCUT2D eigenvalue weighted by Crippen LogP contribution is -2.56. The maximum Gasteiger partial charge on any atom is 0.456 e. The molecule has 0 heterocycles. The molecule has 7 heteroatoms. The first-order valence-corrected chi connectivity index (χ1v) is 5.57. The number of halogens is 6. The van der Waals surface area contributed by atoms with Gasteiger partial charge in [-0.05, 0) is 5.56 Å². The molecule has 0 amide bonds. The minimum Gasteiger partial charge on any atom is -0.378 e. The first-order chi connectivity index (χ1) is 7.67. The van der Waals surface area contributed by atoms with E-state index in [2.05, 4.69) is 15.9 Å². The molecule has 0 aliphatic carbocycles. The molecule has 1 rings (SSSR count). The van der Waals surface area contributed by atoms with Crippen LogP contribution in [-0.2, 0) is 5.60 Å². The van der Waals surface area contributed by atoms with E-state index < -0.39 is 28.6 Å². The van der Waals surface area contributed by atoms with Crippen molar-refractivity contribution in [2.24, 2.45) is 0 Å². The Morgan fingerprint density at radius 1 is 1.00 bits per heavy atom. The van der Waals surface area contributed by atoms with Crippen molar-refractivity contribution < 1.29 is 27.1 Å². The molecule has 0 aromatic heterocycles. The van der Waals surface area contributed by atoms with Crippen molar-refractivity contribution in [1.29, 1.82) is 0 Å². The summed E-state index contributed by atoms with van der Waals surface area (Å²) in [4.78, 5) is 0. The van der Waals surface area contributed by atoms with Gasteiger partial charge in [-0.1, -0.05) is 46.3 Å². The SMILES string of the molecule is OC(CBr)(c1ccccc1)C(F)(F)C(F)(F)F. The average Bonchev–Trinajstić information content (AvgIpc) is 2.27. The van der Waals surface area contributed by atoms with Gasteiger partial charge in [-0.15, -0.1) is 0 Å². The number of benzene rings is 1. The molecule has 0 saturated heterocycles. The predicted molar refractivity (Wildman–Crippen MR) is 55.1 cm³/mol.